The monoisotopic (exact) mass is 295 g/mol. The van der Waals surface area contributed by atoms with Crippen LogP contribution in [0.2, 0.25) is 0 Å². The van der Waals surface area contributed by atoms with Crippen LogP contribution in [0.4, 0.5) is 5.82 Å². The minimum Gasteiger partial charge on any atom is -0.352 e. The highest BCUT2D eigenvalue weighted by atomic mass is 16.1. The van der Waals surface area contributed by atoms with Crippen molar-refractivity contribution < 1.29 is 4.79 Å². The summed E-state index contributed by atoms with van der Waals surface area (Å²) >= 11 is 0. The molecule has 2 aromatic heterocycles. The molecule has 0 saturated carbocycles. The molecule has 3 rings (SSSR count). The van der Waals surface area contributed by atoms with Gasteiger partial charge in [0.15, 0.2) is 5.78 Å². The average molecular weight is 295 g/mol. The van der Waals surface area contributed by atoms with Gasteiger partial charge in [0.2, 0.25) is 0 Å². The van der Waals surface area contributed by atoms with Gasteiger partial charge >= 0.3 is 0 Å². The molecule has 1 fully saturated rings. The van der Waals surface area contributed by atoms with Crippen molar-refractivity contribution in [2.75, 3.05) is 11.4 Å². The van der Waals surface area contributed by atoms with Crippen molar-refractivity contribution in [1.29, 1.82) is 5.26 Å². The van der Waals surface area contributed by atoms with Crippen molar-refractivity contribution in [3.05, 3.63) is 41.9 Å². The van der Waals surface area contributed by atoms with Crippen molar-refractivity contribution in [1.82, 2.24) is 14.8 Å². The molecule has 0 aromatic carbocycles. The number of pyridine rings is 1. The van der Waals surface area contributed by atoms with Gasteiger partial charge in [0, 0.05) is 38.4 Å². The van der Waals surface area contributed by atoms with Crippen LogP contribution in [0.15, 0.2) is 30.7 Å². The van der Waals surface area contributed by atoms with E-state index in [2.05, 4.69) is 21.1 Å². The third kappa shape index (κ3) is 2.70. The first-order chi connectivity index (χ1) is 10.7. The Morgan fingerprint density at radius 2 is 2.41 bits per heavy atom. The number of carbonyl (C=O) groups excluding carboxylic acids is 1. The van der Waals surface area contributed by atoms with Gasteiger partial charge < -0.3 is 4.90 Å². The van der Waals surface area contributed by atoms with Crippen LogP contribution < -0.4 is 4.90 Å². The molecule has 6 nitrogen and oxygen atoms in total. The van der Waals surface area contributed by atoms with E-state index in [1.165, 1.54) is 0 Å². The minimum atomic E-state index is 0.0828. The van der Waals surface area contributed by atoms with Crippen molar-refractivity contribution in [2.24, 2.45) is 7.05 Å². The highest BCUT2D eigenvalue weighted by Crippen LogP contribution is 2.28. The standard InChI is InChI=1S/C16H17N5O/c1-20-11-13(10-19-20)15(22)8-14-5-3-7-21(14)16-12(9-17)4-2-6-18-16/h2,4,6,10-11,14H,3,5,7-8H2,1H3. The summed E-state index contributed by atoms with van der Waals surface area (Å²) in [7, 11) is 1.80. The van der Waals surface area contributed by atoms with Gasteiger partial charge in [-0.15, -0.1) is 0 Å². The molecule has 2 aromatic rings. The van der Waals surface area contributed by atoms with E-state index >= 15 is 0 Å². The first-order valence-electron chi connectivity index (χ1n) is 7.32. The summed E-state index contributed by atoms with van der Waals surface area (Å²) in [5, 5.41) is 13.3. The quantitative estimate of drug-likeness (QED) is 0.806. The van der Waals surface area contributed by atoms with E-state index in [0.717, 1.165) is 19.4 Å². The first-order valence-corrected chi connectivity index (χ1v) is 7.32. The van der Waals surface area contributed by atoms with Crippen LogP contribution in [0, 0.1) is 11.3 Å². The number of anilines is 1. The molecule has 3 heterocycles. The number of Topliss-reactive ketones (excluding diaryl/α,β-unsaturated/α-hetero) is 1. The second kappa shape index (κ2) is 5.98. The molecule has 1 saturated heterocycles. The Kier molecular flexibility index (Phi) is 3.88. The molecule has 112 valence electrons. The van der Waals surface area contributed by atoms with Crippen molar-refractivity contribution in [3.8, 4) is 6.07 Å². The van der Waals surface area contributed by atoms with E-state index < -0.39 is 0 Å². The van der Waals surface area contributed by atoms with E-state index in [9.17, 15) is 10.1 Å². The van der Waals surface area contributed by atoms with E-state index in [4.69, 9.17) is 0 Å². The smallest absolute Gasteiger partial charge is 0.168 e. The average Bonchev–Trinajstić information content (AvgIpc) is 3.16. The Morgan fingerprint density at radius 3 is 3.14 bits per heavy atom. The maximum absolute atomic E-state index is 12.4. The largest absolute Gasteiger partial charge is 0.352 e. The molecule has 22 heavy (non-hydrogen) atoms. The predicted octanol–water partition coefficient (Wildman–Crippen LogP) is 1.93. The lowest BCUT2D eigenvalue weighted by Crippen LogP contribution is -2.32. The summed E-state index contributed by atoms with van der Waals surface area (Å²) in [4.78, 5) is 18.8. The molecule has 1 unspecified atom stereocenters. The zero-order valence-corrected chi connectivity index (χ0v) is 12.4. The molecule has 1 aliphatic heterocycles. The van der Waals surface area contributed by atoms with Gasteiger partial charge in [0.05, 0.1) is 17.3 Å². The topological polar surface area (TPSA) is 74.8 Å². The van der Waals surface area contributed by atoms with Crippen LogP contribution in [0.1, 0.15) is 35.2 Å². The van der Waals surface area contributed by atoms with Gasteiger partial charge in [0.1, 0.15) is 11.9 Å². The van der Waals surface area contributed by atoms with E-state index in [1.807, 2.05) is 0 Å². The van der Waals surface area contributed by atoms with E-state index in [0.29, 0.717) is 23.4 Å². The number of nitrogens with zero attached hydrogens (tertiary/aromatic N) is 5. The minimum absolute atomic E-state index is 0.0828. The fourth-order valence-corrected chi connectivity index (χ4v) is 2.94. The third-order valence-electron chi connectivity index (χ3n) is 4.00. The second-order valence-corrected chi connectivity index (χ2v) is 5.51. The summed E-state index contributed by atoms with van der Waals surface area (Å²) in [5.74, 6) is 0.769. The third-order valence-corrected chi connectivity index (χ3v) is 4.00. The van der Waals surface area contributed by atoms with Crippen LogP contribution in [0.25, 0.3) is 0 Å². The lowest BCUT2D eigenvalue weighted by Gasteiger charge is -2.25. The number of rotatable bonds is 4. The zero-order valence-electron chi connectivity index (χ0n) is 12.4. The number of aromatic nitrogens is 3. The molecular formula is C16H17N5O. The molecule has 1 atom stereocenters. The van der Waals surface area contributed by atoms with Gasteiger partial charge in [-0.2, -0.15) is 10.4 Å². The van der Waals surface area contributed by atoms with Crippen molar-refractivity contribution >= 4 is 11.6 Å². The van der Waals surface area contributed by atoms with Gasteiger partial charge in [-0.25, -0.2) is 4.98 Å². The fraction of sp³-hybridized carbons (Fsp3) is 0.375. The molecule has 0 aliphatic carbocycles. The highest BCUT2D eigenvalue weighted by Gasteiger charge is 2.29. The summed E-state index contributed by atoms with van der Waals surface area (Å²) < 4.78 is 1.63. The maximum Gasteiger partial charge on any atom is 0.168 e. The number of nitriles is 1. The number of hydrogen-bond donors (Lipinski definition) is 0. The Labute approximate surface area is 129 Å². The van der Waals surface area contributed by atoms with Crippen LogP contribution in [-0.4, -0.2) is 33.1 Å². The number of carbonyl (C=O) groups is 1. The number of aryl methyl sites for hydroxylation is 1. The number of ketones is 1. The predicted molar refractivity (Wildman–Crippen MR) is 81.5 cm³/mol. The Bertz CT molecular complexity index is 730. The molecule has 1 aliphatic rings. The molecule has 0 spiro atoms. The Morgan fingerprint density at radius 1 is 1.55 bits per heavy atom. The second-order valence-electron chi connectivity index (χ2n) is 5.51. The molecule has 0 N–H and O–H groups in total. The summed E-state index contributed by atoms with van der Waals surface area (Å²) in [5.41, 5.74) is 1.19. The summed E-state index contributed by atoms with van der Waals surface area (Å²) in [6.07, 6.45) is 7.40. The maximum atomic E-state index is 12.4. The van der Waals surface area contributed by atoms with E-state index in [-0.39, 0.29) is 11.8 Å². The molecule has 0 bridgehead atoms. The van der Waals surface area contributed by atoms with Crippen LogP contribution in [0.5, 0.6) is 0 Å². The van der Waals surface area contributed by atoms with Crippen LogP contribution in [-0.2, 0) is 7.05 Å². The van der Waals surface area contributed by atoms with Gasteiger partial charge in [0.25, 0.3) is 0 Å². The zero-order chi connectivity index (χ0) is 15.5. The summed E-state index contributed by atoms with van der Waals surface area (Å²) in [6.45, 7) is 0.830. The Hall–Kier alpha value is -2.68. The Balaban J connectivity index is 1.79. The highest BCUT2D eigenvalue weighted by molar-refractivity contribution is 5.96. The number of hydrogen-bond acceptors (Lipinski definition) is 5. The lowest BCUT2D eigenvalue weighted by atomic mass is 10.0. The van der Waals surface area contributed by atoms with Gasteiger partial charge in [-0.05, 0) is 25.0 Å². The molecule has 6 heteroatoms. The van der Waals surface area contributed by atoms with Gasteiger partial charge in [-0.1, -0.05) is 0 Å². The molecule has 0 radical (unpaired) electrons. The lowest BCUT2D eigenvalue weighted by molar-refractivity contribution is 0.0974. The molecule has 0 amide bonds. The van der Waals surface area contributed by atoms with E-state index in [1.54, 1.807) is 42.5 Å². The molecular weight excluding hydrogens is 278 g/mol. The normalized spacial score (nSPS) is 17.5. The van der Waals surface area contributed by atoms with Crippen LogP contribution in [0.3, 0.4) is 0 Å². The van der Waals surface area contributed by atoms with Crippen molar-refractivity contribution in [2.45, 2.75) is 25.3 Å². The summed E-state index contributed by atoms with van der Waals surface area (Å²) in [6, 6.07) is 5.79. The SMILES string of the molecule is Cn1cc(C(=O)CC2CCCN2c2ncccc2C#N)cn1. The van der Waals surface area contributed by atoms with Crippen LogP contribution >= 0.6 is 0 Å². The van der Waals surface area contributed by atoms with Crippen molar-refractivity contribution in [3.63, 3.8) is 0 Å². The first kappa shape index (κ1) is 14.3. The fourth-order valence-electron chi connectivity index (χ4n) is 2.94. The van der Waals surface area contributed by atoms with Gasteiger partial charge in [-0.3, -0.25) is 9.48 Å².